The summed E-state index contributed by atoms with van der Waals surface area (Å²) in [7, 11) is -4.77. The van der Waals surface area contributed by atoms with Gasteiger partial charge in [0, 0.05) is 11.6 Å². The molecule has 1 aromatic carbocycles. The summed E-state index contributed by atoms with van der Waals surface area (Å²) < 4.78 is 79.6. The van der Waals surface area contributed by atoms with Gasteiger partial charge in [-0.3, -0.25) is 4.55 Å². The van der Waals surface area contributed by atoms with E-state index >= 15 is 0 Å². The predicted octanol–water partition coefficient (Wildman–Crippen LogP) is 1.63. The van der Waals surface area contributed by atoms with E-state index in [4.69, 9.17) is 4.55 Å². The molecule has 3 nitrogen and oxygen atoms in total. The summed E-state index contributed by atoms with van der Waals surface area (Å²) in [6.45, 7) is 0. The van der Waals surface area contributed by atoms with Crippen molar-refractivity contribution in [2.75, 3.05) is 0 Å². The third kappa shape index (κ3) is 2.66. The highest BCUT2D eigenvalue weighted by atomic mass is 32.2. The third-order valence-corrected chi connectivity index (χ3v) is 2.18. The molecule has 15 heavy (non-hydrogen) atoms. The molecule has 8 heteroatoms. The molecule has 0 bridgehead atoms. The van der Waals surface area contributed by atoms with Crippen LogP contribution in [0.1, 0.15) is 5.56 Å². The maximum atomic E-state index is 12.8. The van der Waals surface area contributed by atoms with E-state index in [2.05, 4.69) is 0 Å². The summed E-state index contributed by atoms with van der Waals surface area (Å²) in [6.07, 6.45) is 0. The van der Waals surface area contributed by atoms with E-state index < -0.39 is 44.7 Å². The van der Waals surface area contributed by atoms with Gasteiger partial charge in [-0.1, -0.05) is 0 Å². The Bertz CT molecular complexity index is 471. The van der Waals surface area contributed by atoms with Crippen molar-refractivity contribution < 1.29 is 30.5 Å². The van der Waals surface area contributed by atoms with Crippen molar-refractivity contribution in [3.63, 3.8) is 0 Å². The molecule has 1 rings (SSSR count). The fourth-order valence-corrected chi connectivity index (χ4v) is 1.55. The quantitative estimate of drug-likeness (QED) is 0.488. The zero-order valence-corrected chi connectivity index (χ0v) is 7.78. The molecule has 0 aliphatic carbocycles. The van der Waals surface area contributed by atoms with E-state index in [1.165, 1.54) is 0 Å². The lowest BCUT2D eigenvalue weighted by atomic mass is 10.2. The van der Waals surface area contributed by atoms with Gasteiger partial charge in [0.25, 0.3) is 10.1 Å². The lowest BCUT2D eigenvalue weighted by molar-refractivity contribution is 0.437. The van der Waals surface area contributed by atoms with Crippen LogP contribution in [0.4, 0.5) is 17.6 Å². The second-order valence-corrected chi connectivity index (χ2v) is 4.13. The van der Waals surface area contributed by atoms with Crippen molar-refractivity contribution in [2.45, 2.75) is 5.75 Å². The van der Waals surface area contributed by atoms with Crippen molar-refractivity contribution in [3.05, 3.63) is 34.9 Å². The largest absolute Gasteiger partial charge is 0.285 e. The van der Waals surface area contributed by atoms with E-state index in [0.29, 0.717) is 0 Å². The van der Waals surface area contributed by atoms with Crippen LogP contribution in [0.2, 0.25) is 0 Å². The molecule has 0 aliphatic heterocycles. The van der Waals surface area contributed by atoms with Crippen molar-refractivity contribution in [3.8, 4) is 0 Å². The van der Waals surface area contributed by atoms with Crippen molar-refractivity contribution in [1.82, 2.24) is 0 Å². The van der Waals surface area contributed by atoms with Gasteiger partial charge in [-0.25, -0.2) is 17.6 Å². The number of hydrogen-bond donors (Lipinski definition) is 1. The number of benzene rings is 1. The van der Waals surface area contributed by atoms with E-state index in [1.807, 2.05) is 0 Å². The maximum absolute atomic E-state index is 12.8. The molecule has 0 aliphatic rings. The van der Waals surface area contributed by atoms with Gasteiger partial charge >= 0.3 is 0 Å². The summed E-state index contributed by atoms with van der Waals surface area (Å²) in [6, 6.07) is -0.0574. The zero-order chi connectivity index (χ0) is 11.8. The van der Waals surface area contributed by atoms with Crippen LogP contribution in [0.5, 0.6) is 0 Å². The molecule has 0 saturated carbocycles. The minimum Gasteiger partial charge on any atom is -0.285 e. The van der Waals surface area contributed by atoms with E-state index in [9.17, 15) is 26.0 Å². The average molecular weight is 244 g/mol. The third-order valence-electron chi connectivity index (χ3n) is 1.53. The van der Waals surface area contributed by atoms with Crippen molar-refractivity contribution in [1.29, 1.82) is 0 Å². The molecule has 0 saturated heterocycles. The Hall–Kier alpha value is -1.15. The Kier molecular flexibility index (Phi) is 3.00. The second kappa shape index (κ2) is 3.78. The molecular formula is C7H4F4O3S. The van der Waals surface area contributed by atoms with Crippen LogP contribution in [0.15, 0.2) is 6.07 Å². The molecule has 1 aromatic rings. The number of halogens is 4. The second-order valence-electron chi connectivity index (χ2n) is 2.67. The van der Waals surface area contributed by atoms with Gasteiger partial charge in [-0.2, -0.15) is 8.42 Å². The molecular weight excluding hydrogens is 240 g/mol. The highest BCUT2D eigenvalue weighted by molar-refractivity contribution is 7.85. The SMILES string of the molecule is O=S(=O)(O)Cc1c(F)c(F)cc(F)c1F. The van der Waals surface area contributed by atoms with Crippen LogP contribution in [0.25, 0.3) is 0 Å². The van der Waals surface area contributed by atoms with Crippen molar-refractivity contribution in [2.24, 2.45) is 0 Å². The standard InChI is InChI=1S/C7H4F4O3S/c8-4-1-5(9)7(11)3(6(4)10)2-15(12,13)14/h1H,2H2,(H,12,13,14). The lowest BCUT2D eigenvalue weighted by Gasteiger charge is -2.04. The summed E-state index contributed by atoms with van der Waals surface area (Å²) in [5, 5.41) is 0. The minimum absolute atomic E-state index is 0.0574. The van der Waals surface area contributed by atoms with Crippen LogP contribution in [-0.2, 0) is 15.9 Å². The molecule has 0 radical (unpaired) electrons. The van der Waals surface area contributed by atoms with Crippen LogP contribution >= 0.6 is 0 Å². The first-order chi connectivity index (χ1) is 6.72. The first-order valence-corrected chi connectivity index (χ1v) is 5.10. The molecule has 0 heterocycles. The minimum atomic E-state index is -4.77. The van der Waals surface area contributed by atoms with Gasteiger partial charge in [-0.05, 0) is 0 Å². The van der Waals surface area contributed by atoms with Crippen LogP contribution < -0.4 is 0 Å². The topological polar surface area (TPSA) is 54.4 Å². The van der Waals surface area contributed by atoms with Crippen LogP contribution in [0, 0.1) is 23.3 Å². The molecule has 1 N–H and O–H groups in total. The van der Waals surface area contributed by atoms with Gasteiger partial charge < -0.3 is 0 Å². The summed E-state index contributed by atoms with van der Waals surface area (Å²) >= 11 is 0. The van der Waals surface area contributed by atoms with Gasteiger partial charge in [0.1, 0.15) is 5.75 Å². The fourth-order valence-electron chi connectivity index (χ4n) is 0.932. The monoisotopic (exact) mass is 244 g/mol. The molecule has 0 atom stereocenters. The van der Waals surface area contributed by atoms with Gasteiger partial charge in [0.15, 0.2) is 23.3 Å². The first-order valence-electron chi connectivity index (χ1n) is 3.49. The molecule has 0 spiro atoms. The molecule has 0 unspecified atom stereocenters. The van der Waals surface area contributed by atoms with Gasteiger partial charge in [0.05, 0.1) is 0 Å². The maximum Gasteiger partial charge on any atom is 0.269 e. The lowest BCUT2D eigenvalue weighted by Crippen LogP contribution is -2.09. The number of hydrogen-bond acceptors (Lipinski definition) is 2. The summed E-state index contributed by atoms with van der Waals surface area (Å²) in [4.78, 5) is 0. The van der Waals surface area contributed by atoms with Gasteiger partial charge in [0.2, 0.25) is 0 Å². The Morgan fingerprint density at radius 2 is 1.47 bits per heavy atom. The highest BCUT2D eigenvalue weighted by Crippen LogP contribution is 2.20. The molecule has 0 amide bonds. The summed E-state index contributed by atoms with van der Waals surface area (Å²) in [5.41, 5.74) is -1.37. The first kappa shape index (κ1) is 11.9. The zero-order valence-electron chi connectivity index (χ0n) is 6.97. The molecule has 0 aromatic heterocycles. The van der Waals surface area contributed by atoms with Crippen LogP contribution in [-0.4, -0.2) is 13.0 Å². The Labute approximate surface area is 82.1 Å². The highest BCUT2D eigenvalue weighted by Gasteiger charge is 2.22. The normalized spacial score (nSPS) is 11.8. The Morgan fingerprint density at radius 3 is 1.80 bits per heavy atom. The molecule has 84 valence electrons. The van der Waals surface area contributed by atoms with E-state index in [1.54, 1.807) is 0 Å². The van der Waals surface area contributed by atoms with E-state index in [0.717, 1.165) is 0 Å². The fraction of sp³-hybridized carbons (Fsp3) is 0.143. The van der Waals surface area contributed by atoms with E-state index in [-0.39, 0.29) is 6.07 Å². The average Bonchev–Trinajstić information content (AvgIpc) is 2.08. The smallest absolute Gasteiger partial charge is 0.269 e. The number of rotatable bonds is 2. The van der Waals surface area contributed by atoms with Gasteiger partial charge in [-0.15, -0.1) is 0 Å². The predicted molar refractivity (Wildman–Crippen MR) is 41.5 cm³/mol. The summed E-state index contributed by atoms with van der Waals surface area (Å²) in [5.74, 6) is -8.67. The Balaban J connectivity index is 3.40. The Morgan fingerprint density at radius 1 is 1.07 bits per heavy atom. The van der Waals surface area contributed by atoms with Crippen LogP contribution in [0.3, 0.4) is 0 Å². The van der Waals surface area contributed by atoms with Crippen molar-refractivity contribution >= 4 is 10.1 Å². The molecule has 0 fully saturated rings.